The molecule has 0 aliphatic carbocycles. The fourth-order valence-corrected chi connectivity index (χ4v) is 3.62. The summed E-state index contributed by atoms with van der Waals surface area (Å²) in [5.74, 6) is 0.593. The van der Waals surface area contributed by atoms with Gasteiger partial charge in [-0.2, -0.15) is 0 Å². The smallest absolute Gasteiger partial charge is 0.410 e. The second-order valence-electron chi connectivity index (χ2n) is 7.78. The van der Waals surface area contributed by atoms with Crippen LogP contribution in [0, 0.1) is 6.92 Å². The molecule has 0 heterocycles. The van der Waals surface area contributed by atoms with E-state index in [9.17, 15) is 13.2 Å². The van der Waals surface area contributed by atoms with Crippen LogP contribution in [-0.4, -0.2) is 63.9 Å². The lowest BCUT2D eigenvalue weighted by Crippen LogP contribution is -2.44. The number of guanidine groups is 1. The Hall–Kier alpha value is -2.29. The highest BCUT2D eigenvalue weighted by Crippen LogP contribution is 2.16. The number of ether oxygens (including phenoxy) is 1. The van der Waals surface area contributed by atoms with Crippen molar-refractivity contribution in [1.29, 1.82) is 0 Å². The molecule has 0 fully saturated rings. The van der Waals surface area contributed by atoms with Gasteiger partial charge in [-0.3, -0.25) is 4.99 Å². The van der Waals surface area contributed by atoms with E-state index in [1.165, 1.54) is 6.26 Å². The van der Waals surface area contributed by atoms with Crippen LogP contribution < -0.4 is 10.6 Å². The van der Waals surface area contributed by atoms with Gasteiger partial charge in [0.05, 0.1) is 4.90 Å². The standard InChI is InChI=1S/C20H34N4O4S/c1-8-24(19(25)28-20(3,4)5)12-11-22-18(21-6)23-14-16-9-10-17(15(2)13-16)29(7,26)27/h9-10,13H,8,11-12,14H2,1-7H3,(H2,21,22,23). The van der Waals surface area contributed by atoms with Gasteiger partial charge in [0.1, 0.15) is 5.60 Å². The van der Waals surface area contributed by atoms with Crippen LogP contribution >= 0.6 is 0 Å². The predicted octanol–water partition coefficient (Wildman–Crippen LogP) is 2.32. The number of rotatable bonds is 7. The molecule has 0 spiro atoms. The number of carbonyl (C=O) groups excluding carboxylic acids is 1. The summed E-state index contributed by atoms with van der Waals surface area (Å²) in [7, 11) is -1.56. The van der Waals surface area contributed by atoms with Crippen LogP contribution in [0.5, 0.6) is 0 Å². The van der Waals surface area contributed by atoms with Crippen LogP contribution in [0.2, 0.25) is 0 Å². The van der Waals surface area contributed by atoms with E-state index < -0.39 is 15.4 Å². The van der Waals surface area contributed by atoms with E-state index in [2.05, 4.69) is 15.6 Å². The number of hydrogen-bond acceptors (Lipinski definition) is 5. The molecule has 1 aromatic carbocycles. The molecule has 0 atom stereocenters. The summed E-state index contributed by atoms with van der Waals surface area (Å²) in [5, 5.41) is 6.35. The number of nitrogens with one attached hydrogen (secondary N) is 2. The van der Waals surface area contributed by atoms with E-state index in [0.717, 1.165) is 5.56 Å². The summed E-state index contributed by atoms with van der Waals surface area (Å²) in [6.07, 6.45) is 0.863. The van der Waals surface area contributed by atoms with Gasteiger partial charge in [0.2, 0.25) is 0 Å². The molecule has 0 aliphatic rings. The number of aliphatic imine (C=N–C) groups is 1. The SMILES string of the molecule is CCN(CCNC(=NC)NCc1ccc(S(C)(=O)=O)c(C)c1)C(=O)OC(C)(C)C. The second-order valence-corrected chi connectivity index (χ2v) is 9.77. The molecule has 164 valence electrons. The van der Waals surface area contributed by atoms with Crippen LogP contribution in [-0.2, 0) is 21.1 Å². The lowest BCUT2D eigenvalue weighted by Gasteiger charge is -2.26. The van der Waals surface area contributed by atoms with Crippen molar-refractivity contribution in [2.45, 2.75) is 51.7 Å². The normalized spacial score (nSPS) is 12.4. The first kappa shape index (κ1) is 24.7. The number of hydrogen-bond donors (Lipinski definition) is 2. The molecule has 9 heteroatoms. The van der Waals surface area contributed by atoms with Gasteiger partial charge < -0.3 is 20.3 Å². The molecule has 0 saturated heterocycles. The number of benzene rings is 1. The van der Waals surface area contributed by atoms with Crippen molar-refractivity contribution in [3.05, 3.63) is 29.3 Å². The zero-order chi connectivity index (χ0) is 22.2. The molecular formula is C20H34N4O4S. The highest BCUT2D eigenvalue weighted by molar-refractivity contribution is 7.90. The van der Waals surface area contributed by atoms with Gasteiger partial charge in [-0.15, -0.1) is 0 Å². The summed E-state index contributed by atoms with van der Waals surface area (Å²) < 4.78 is 28.8. The van der Waals surface area contributed by atoms with Gasteiger partial charge >= 0.3 is 6.09 Å². The van der Waals surface area contributed by atoms with Gasteiger partial charge in [0, 0.05) is 39.5 Å². The minimum absolute atomic E-state index is 0.338. The number of sulfone groups is 1. The largest absolute Gasteiger partial charge is 0.444 e. The Labute approximate surface area is 174 Å². The first-order chi connectivity index (χ1) is 13.4. The zero-order valence-electron chi connectivity index (χ0n) is 18.5. The lowest BCUT2D eigenvalue weighted by atomic mass is 10.1. The molecule has 0 aromatic heterocycles. The minimum Gasteiger partial charge on any atom is -0.444 e. The lowest BCUT2D eigenvalue weighted by molar-refractivity contribution is 0.0264. The molecule has 0 aliphatic heterocycles. The number of aryl methyl sites for hydroxylation is 1. The van der Waals surface area contributed by atoms with Gasteiger partial charge in [0.15, 0.2) is 15.8 Å². The third-order valence-electron chi connectivity index (χ3n) is 4.03. The maximum Gasteiger partial charge on any atom is 0.410 e. The Morgan fingerprint density at radius 2 is 1.90 bits per heavy atom. The van der Waals surface area contributed by atoms with Crippen molar-refractivity contribution in [1.82, 2.24) is 15.5 Å². The van der Waals surface area contributed by atoms with E-state index in [0.29, 0.717) is 42.6 Å². The van der Waals surface area contributed by atoms with Crippen LogP contribution in [0.3, 0.4) is 0 Å². The molecule has 2 N–H and O–H groups in total. The third kappa shape index (κ3) is 8.72. The van der Waals surface area contributed by atoms with Crippen molar-refractivity contribution in [2.75, 3.05) is 32.9 Å². The molecule has 29 heavy (non-hydrogen) atoms. The summed E-state index contributed by atoms with van der Waals surface area (Å²) >= 11 is 0. The monoisotopic (exact) mass is 426 g/mol. The van der Waals surface area contributed by atoms with Gasteiger partial charge in [-0.25, -0.2) is 13.2 Å². The number of carbonyl (C=O) groups is 1. The van der Waals surface area contributed by atoms with Gasteiger partial charge in [-0.05, 0) is 51.8 Å². The number of nitrogens with zero attached hydrogens (tertiary/aromatic N) is 2. The van der Waals surface area contributed by atoms with E-state index in [-0.39, 0.29) is 6.09 Å². The quantitative estimate of drug-likeness (QED) is 0.513. The Bertz CT molecular complexity index is 829. The van der Waals surface area contributed by atoms with Crippen LogP contribution in [0.15, 0.2) is 28.1 Å². The summed E-state index contributed by atoms with van der Waals surface area (Å²) in [6.45, 7) is 11.2. The Morgan fingerprint density at radius 1 is 1.24 bits per heavy atom. The maximum absolute atomic E-state index is 12.2. The molecular weight excluding hydrogens is 392 g/mol. The average Bonchev–Trinajstić information content (AvgIpc) is 2.58. The zero-order valence-corrected chi connectivity index (χ0v) is 19.3. The molecule has 0 unspecified atom stereocenters. The first-order valence-electron chi connectivity index (χ1n) is 9.59. The van der Waals surface area contributed by atoms with Crippen molar-refractivity contribution in [2.24, 2.45) is 4.99 Å². The van der Waals surface area contributed by atoms with Gasteiger partial charge in [0.25, 0.3) is 0 Å². The van der Waals surface area contributed by atoms with E-state index >= 15 is 0 Å². The highest BCUT2D eigenvalue weighted by Gasteiger charge is 2.20. The molecule has 1 aromatic rings. The van der Waals surface area contributed by atoms with Crippen LogP contribution in [0.25, 0.3) is 0 Å². The van der Waals surface area contributed by atoms with E-state index in [4.69, 9.17) is 4.74 Å². The molecule has 1 amide bonds. The topological polar surface area (TPSA) is 100 Å². The Kier molecular flexibility index (Phi) is 8.94. The highest BCUT2D eigenvalue weighted by atomic mass is 32.2. The summed E-state index contributed by atoms with van der Waals surface area (Å²) in [6, 6.07) is 5.25. The van der Waals surface area contributed by atoms with Gasteiger partial charge in [-0.1, -0.05) is 12.1 Å². The Morgan fingerprint density at radius 3 is 2.38 bits per heavy atom. The second kappa shape index (κ2) is 10.5. The third-order valence-corrected chi connectivity index (χ3v) is 5.29. The minimum atomic E-state index is -3.23. The molecule has 8 nitrogen and oxygen atoms in total. The average molecular weight is 427 g/mol. The summed E-state index contributed by atoms with van der Waals surface area (Å²) in [5.41, 5.74) is 1.13. The summed E-state index contributed by atoms with van der Waals surface area (Å²) in [4.78, 5) is 18.3. The number of amides is 1. The Balaban J connectivity index is 2.57. The van der Waals surface area contributed by atoms with Crippen molar-refractivity contribution >= 4 is 21.9 Å². The van der Waals surface area contributed by atoms with Crippen LogP contribution in [0.4, 0.5) is 4.79 Å². The number of likely N-dealkylation sites (N-methyl/N-ethyl adjacent to an activating group) is 1. The fraction of sp³-hybridized carbons (Fsp3) is 0.600. The molecule has 1 rings (SSSR count). The first-order valence-corrected chi connectivity index (χ1v) is 11.5. The fourth-order valence-electron chi connectivity index (χ4n) is 2.66. The molecule has 0 radical (unpaired) electrons. The maximum atomic E-state index is 12.2. The van der Waals surface area contributed by atoms with Crippen LogP contribution in [0.1, 0.15) is 38.8 Å². The van der Waals surface area contributed by atoms with E-state index in [1.807, 2.05) is 33.8 Å². The van der Waals surface area contributed by atoms with Crippen molar-refractivity contribution in [3.63, 3.8) is 0 Å². The van der Waals surface area contributed by atoms with Crippen molar-refractivity contribution in [3.8, 4) is 0 Å². The van der Waals surface area contributed by atoms with E-state index in [1.54, 1.807) is 31.0 Å². The molecule has 0 saturated carbocycles. The molecule has 0 bridgehead atoms. The van der Waals surface area contributed by atoms with Crippen molar-refractivity contribution < 1.29 is 17.9 Å². The predicted molar refractivity (Wildman–Crippen MR) is 116 cm³/mol.